The van der Waals surface area contributed by atoms with Crippen molar-refractivity contribution >= 4 is 72.4 Å². The van der Waals surface area contributed by atoms with Crippen molar-refractivity contribution in [1.29, 1.82) is 5.26 Å². The van der Waals surface area contributed by atoms with E-state index in [0.717, 1.165) is 35.4 Å². The second-order valence-corrected chi connectivity index (χ2v) is 17.0. The molecule has 2 N–H and O–H groups in total. The van der Waals surface area contributed by atoms with Crippen LogP contribution in [0.15, 0.2) is 18.5 Å². The van der Waals surface area contributed by atoms with Gasteiger partial charge in [0.15, 0.2) is 11.6 Å². The molecule has 0 aliphatic carbocycles. The van der Waals surface area contributed by atoms with E-state index in [9.17, 15) is 14.4 Å². The second-order valence-electron chi connectivity index (χ2n) is 15.2. The van der Waals surface area contributed by atoms with Gasteiger partial charge in [0.25, 0.3) is 0 Å². The van der Waals surface area contributed by atoms with Gasteiger partial charge in [0.2, 0.25) is 5.28 Å². The molecular weight excluding hydrogens is 792 g/mol. The molecule has 3 aromatic heterocycles. The van der Waals surface area contributed by atoms with E-state index in [0.29, 0.717) is 38.4 Å². The number of hydrogen-bond acceptors (Lipinski definition) is 12. The van der Waals surface area contributed by atoms with E-state index in [-0.39, 0.29) is 102 Å². The molecule has 0 bridgehead atoms. The second kappa shape index (κ2) is 13.8. The monoisotopic (exact) mass is 826 g/mol. The van der Waals surface area contributed by atoms with E-state index in [4.69, 9.17) is 43.4 Å². The van der Waals surface area contributed by atoms with Gasteiger partial charge in [0.1, 0.15) is 53.9 Å². The summed E-state index contributed by atoms with van der Waals surface area (Å²) < 4.78 is 61.1. The van der Waals surface area contributed by atoms with Gasteiger partial charge in [0.05, 0.1) is 32.8 Å². The number of alkyl halides is 1. The lowest BCUT2D eigenvalue weighted by atomic mass is 9.81. The number of carbonyl (C=O) groups excluding carboxylic acids is 1. The Labute approximate surface area is 332 Å². The van der Waals surface area contributed by atoms with Crippen molar-refractivity contribution in [3.05, 3.63) is 46.0 Å². The highest BCUT2D eigenvalue weighted by Gasteiger charge is 2.50. The molecule has 2 aromatic carbocycles. The molecule has 0 radical (unpaired) electrons. The molecule has 3 saturated heterocycles. The lowest BCUT2D eigenvalue weighted by molar-refractivity contribution is 0.0235. The number of nitrogens with two attached hydrogens (primary N) is 1. The van der Waals surface area contributed by atoms with Crippen LogP contribution >= 0.6 is 34.5 Å². The lowest BCUT2D eigenvalue weighted by Gasteiger charge is -2.51. The molecule has 4 aliphatic rings. The molecule has 9 rings (SSSR count). The van der Waals surface area contributed by atoms with Gasteiger partial charge in [-0.05, 0) is 48.5 Å². The molecule has 3 fully saturated rings. The zero-order valence-corrected chi connectivity index (χ0v) is 32.6. The number of fused-ring (bicyclic) bond motifs is 2. The molecule has 0 unspecified atom stereocenters. The first-order valence-electron chi connectivity index (χ1n) is 18.3. The predicted octanol–water partition coefficient (Wildman–Crippen LogP) is 6.92. The van der Waals surface area contributed by atoms with Crippen LogP contribution in [0.1, 0.15) is 38.7 Å². The maximum atomic E-state index is 17.4. The Bertz CT molecular complexity index is 2480. The van der Waals surface area contributed by atoms with Crippen LogP contribution in [-0.2, 0) is 0 Å². The van der Waals surface area contributed by atoms with E-state index in [1.165, 1.54) is 18.5 Å². The van der Waals surface area contributed by atoms with Crippen molar-refractivity contribution in [2.45, 2.75) is 50.9 Å². The van der Waals surface area contributed by atoms with Crippen LogP contribution in [0.3, 0.4) is 0 Å². The molecule has 13 nitrogen and oxygen atoms in total. The number of anilines is 2. The third kappa shape index (κ3) is 5.78. The van der Waals surface area contributed by atoms with Gasteiger partial charge in [-0.2, -0.15) is 19.9 Å². The minimum absolute atomic E-state index is 0.00294. The number of thiophene rings is 1. The first-order chi connectivity index (χ1) is 26.9. The number of amides is 1. The number of nitriles is 1. The number of benzene rings is 2. The minimum atomic E-state index is -0.986. The third-order valence-electron chi connectivity index (χ3n) is 11.6. The number of nitrogens with zero attached hydrogens (tertiary/aromatic N) is 9. The number of likely N-dealkylation sites (tertiary alicyclic amines) is 1. The number of ether oxygens (including phenoxy) is 2. The van der Waals surface area contributed by atoms with Crippen molar-refractivity contribution in [2.75, 3.05) is 56.6 Å². The first-order valence-corrected chi connectivity index (χ1v) is 19.9. The number of rotatable bonds is 7. The van der Waals surface area contributed by atoms with Gasteiger partial charge in [-0.25, -0.2) is 22.9 Å². The smallest absolute Gasteiger partial charge is 0.346 e. The highest BCUT2D eigenvalue weighted by Crippen LogP contribution is 2.51. The summed E-state index contributed by atoms with van der Waals surface area (Å²) in [7, 11) is 0. The van der Waals surface area contributed by atoms with Gasteiger partial charge in [-0.15, -0.1) is 16.4 Å². The predicted molar refractivity (Wildman–Crippen MR) is 205 cm³/mol. The van der Waals surface area contributed by atoms with Crippen LogP contribution in [0.25, 0.3) is 32.1 Å². The Hall–Kier alpha value is -4.63. The van der Waals surface area contributed by atoms with Gasteiger partial charge in [-0.1, -0.05) is 31.5 Å². The summed E-state index contributed by atoms with van der Waals surface area (Å²) in [6.07, 6.45) is 2.24. The Morgan fingerprint density at radius 2 is 2.04 bits per heavy atom. The van der Waals surface area contributed by atoms with Crippen LogP contribution in [-0.4, -0.2) is 104 Å². The topological polar surface area (TPSA) is 152 Å². The van der Waals surface area contributed by atoms with E-state index in [2.05, 4.69) is 20.0 Å². The Morgan fingerprint density at radius 1 is 1.21 bits per heavy atom. The molecule has 19 heteroatoms. The van der Waals surface area contributed by atoms with Gasteiger partial charge in [0, 0.05) is 49.0 Å². The summed E-state index contributed by atoms with van der Waals surface area (Å²) in [5.74, 6) is -1.02. The minimum Gasteiger partial charge on any atom is -0.489 e. The van der Waals surface area contributed by atoms with E-state index < -0.39 is 23.3 Å². The maximum Gasteiger partial charge on any atom is 0.346 e. The molecule has 1 amide bonds. The summed E-state index contributed by atoms with van der Waals surface area (Å²) in [5.41, 5.74) is 5.45. The Kier molecular flexibility index (Phi) is 9.10. The number of aromatic nitrogens is 5. The number of nitrogen functional groups attached to an aromatic ring is 1. The molecule has 56 heavy (non-hydrogen) atoms. The largest absolute Gasteiger partial charge is 0.489 e. The fraction of sp³-hybridized carbons (Fsp3) is 0.459. The number of carbonyl (C=O) groups is 1. The average Bonchev–Trinajstić information content (AvgIpc) is 3.89. The van der Waals surface area contributed by atoms with Gasteiger partial charge >= 0.3 is 12.0 Å². The molecule has 0 spiro atoms. The van der Waals surface area contributed by atoms with Crippen LogP contribution < -0.4 is 20.1 Å². The summed E-state index contributed by atoms with van der Waals surface area (Å²) in [6.45, 7) is 6.46. The van der Waals surface area contributed by atoms with Crippen LogP contribution in [0, 0.1) is 34.8 Å². The molecule has 5 aromatic rings. The molecule has 4 atom stereocenters. The number of hydrogen-bond donors (Lipinski definition) is 1. The quantitative estimate of drug-likeness (QED) is 0.182. The van der Waals surface area contributed by atoms with Crippen molar-refractivity contribution in [1.82, 2.24) is 34.5 Å². The Balaban J connectivity index is 1.16. The zero-order chi connectivity index (χ0) is 39.2. The van der Waals surface area contributed by atoms with Gasteiger partial charge in [-0.3, -0.25) is 4.90 Å². The van der Waals surface area contributed by atoms with E-state index in [1.54, 1.807) is 4.90 Å². The summed E-state index contributed by atoms with van der Waals surface area (Å²) in [6, 6.07) is 3.91. The third-order valence-corrected chi connectivity index (χ3v) is 13.2. The van der Waals surface area contributed by atoms with Crippen molar-refractivity contribution < 1.29 is 27.4 Å². The van der Waals surface area contributed by atoms with Crippen LogP contribution in [0.2, 0.25) is 10.3 Å². The fourth-order valence-corrected chi connectivity index (χ4v) is 10.6. The molecule has 292 valence electrons. The van der Waals surface area contributed by atoms with Crippen LogP contribution in [0.5, 0.6) is 11.8 Å². The van der Waals surface area contributed by atoms with Crippen molar-refractivity contribution in [3.63, 3.8) is 0 Å². The highest BCUT2D eigenvalue weighted by molar-refractivity contribution is 7.23. The summed E-state index contributed by atoms with van der Waals surface area (Å²) in [4.78, 5) is 32.5. The molecule has 4 aliphatic heterocycles. The standard InChI is InChI=1S/C37H35Cl2F3N10O3S/c1-17(2)29-18(13-51(29)36(53)52-16-45-34(39)48-52)12-49-8-9-54-30-25-28(46-35(47-33(25)49)55-15-37-6-3-7-50(37)14-19(40)10-37)27(42)24(26(30)38)20-4-5-22(41)31-23(20)21(11-43)32(44)56-31/h4-5,16-19,29H,3,6-10,12-15,44H2,1-2H3/t18-,19-,29-,37+/m1/s1. The lowest BCUT2D eigenvalue weighted by Crippen LogP contribution is -2.64. The summed E-state index contributed by atoms with van der Waals surface area (Å²) >= 11 is 13.9. The molecule has 7 heterocycles. The van der Waals surface area contributed by atoms with E-state index >= 15 is 8.78 Å². The maximum absolute atomic E-state index is 17.4. The summed E-state index contributed by atoms with van der Waals surface area (Å²) in [5, 5.41) is 14.3. The van der Waals surface area contributed by atoms with Gasteiger partial charge < -0.3 is 25.0 Å². The molecule has 0 saturated carbocycles. The SMILES string of the molecule is CC(C)[C@@H]1[C@H](CN2CCOc3c(Cl)c(-c4ccc(F)c5sc(N)c(C#N)c45)c(F)c4nc(OC[C@@]56CCCN5C[C@H](F)C6)nc2c34)CN1C(=O)n1cnc(Cl)n1. The number of halogens is 5. The highest BCUT2D eigenvalue weighted by atomic mass is 35.5. The normalized spacial score (nSPS) is 23.4. The Morgan fingerprint density at radius 3 is 2.79 bits per heavy atom. The zero-order valence-electron chi connectivity index (χ0n) is 30.2. The first kappa shape index (κ1) is 37.0. The van der Waals surface area contributed by atoms with E-state index in [1.807, 2.05) is 24.8 Å². The van der Waals surface area contributed by atoms with Crippen molar-refractivity contribution in [3.8, 4) is 29.0 Å². The van der Waals surface area contributed by atoms with Crippen molar-refractivity contribution in [2.24, 2.45) is 11.8 Å². The van der Waals surface area contributed by atoms with Crippen LogP contribution in [0.4, 0.5) is 28.8 Å². The fourth-order valence-electron chi connectivity index (χ4n) is 9.22. The average molecular weight is 828 g/mol. The molecular formula is C37H35Cl2F3N10O3S.